The number of piperidine rings is 1. The molecule has 1 amide bonds. The first kappa shape index (κ1) is 7.54. The van der Waals surface area contributed by atoms with Crippen LogP contribution in [0.4, 0.5) is 0 Å². The molecule has 10 heavy (non-hydrogen) atoms. The van der Waals surface area contributed by atoms with Crippen LogP contribution in [-0.4, -0.2) is 22.7 Å². The average Bonchev–Trinajstić information content (AvgIpc) is 1.54. The fraction of sp³-hybridized carbons (Fsp3) is 0.857. The number of hydrogen-bond acceptors (Lipinski definition) is 2. The van der Waals surface area contributed by atoms with E-state index >= 15 is 0 Å². The van der Waals surface area contributed by atoms with Gasteiger partial charge in [-0.15, -0.1) is 0 Å². The molecule has 1 saturated heterocycles. The van der Waals surface area contributed by atoms with E-state index in [2.05, 4.69) is 5.32 Å². The molecule has 0 radical (unpaired) electrons. The fourth-order valence-electron chi connectivity index (χ4n) is 1.35. The van der Waals surface area contributed by atoms with Crippen molar-refractivity contribution in [1.29, 1.82) is 0 Å². The highest BCUT2D eigenvalue weighted by atomic mass is 16.3. The van der Waals surface area contributed by atoms with E-state index in [0.717, 1.165) is 0 Å². The third-order valence-electron chi connectivity index (χ3n) is 1.64. The molecule has 0 aromatic carbocycles. The Morgan fingerprint density at radius 2 is 2.30 bits per heavy atom. The first-order valence-electron chi connectivity index (χ1n) is 3.49. The quantitative estimate of drug-likeness (QED) is 0.503. The van der Waals surface area contributed by atoms with E-state index in [1.165, 1.54) is 0 Å². The van der Waals surface area contributed by atoms with Crippen LogP contribution < -0.4 is 5.32 Å². The minimum absolute atomic E-state index is 0.0521. The molecule has 1 fully saturated rings. The minimum atomic E-state index is -0.455. The van der Waals surface area contributed by atoms with Crippen LogP contribution in [0.2, 0.25) is 0 Å². The molecular formula is C7H13NO2. The fourth-order valence-corrected chi connectivity index (χ4v) is 1.35. The third kappa shape index (κ3) is 1.70. The van der Waals surface area contributed by atoms with Crippen LogP contribution in [-0.2, 0) is 4.79 Å². The van der Waals surface area contributed by atoms with Gasteiger partial charge in [-0.05, 0) is 20.3 Å². The van der Waals surface area contributed by atoms with Gasteiger partial charge in [-0.2, -0.15) is 0 Å². The highest BCUT2D eigenvalue weighted by Crippen LogP contribution is 2.18. The monoisotopic (exact) mass is 143 g/mol. The molecule has 1 aliphatic rings. The average molecular weight is 143 g/mol. The number of aliphatic hydroxyl groups is 1. The summed E-state index contributed by atoms with van der Waals surface area (Å²) < 4.78 is 0. The predicted octanol–water partition coefficient (Wildman–Crippen LogP) is 0.0359. The van der Waals surface area contributed by atoms with Gasteiger partial charge in [0.05, 0.1) is 12.5 Å². The second-order valence-electron chi connectivity index (χ2n) is 3.49. The van der Waals surface area contributed by atoms with Crippen LogP contribution in [0.5, 0.6) is 0 Å². The summed E-state index contributed by atoms with van der Waals surface area (Å²) in [6.45, 7) is 3.82. The summed E-state index contributed by atoms with van der Waals surface area (Å²) in [5.74, 6) is -0.0521. The van der Waals surface area contributed by atoms with Gasteiger partial charge in [-0.3, -0.25) is 4.79 Å². The molecule has 0 aliphatic carbocycles. The van der Waals surface area contributed by atoms with Gasteiger partial charge in [0.2, 0.25) is 5.91 Å². The van der Waals surface area contributed by atoms with Gasteiger partial charge in [0.25, 0.3) is 0 Å². The van der Waals surface area contributed by atoms with Gasteiger partial charge in [0.1, 0.15) is 0 Å². The predicted molar refractivity (Wildman–Crippen MR) is 37.5 cm³/mol. The van der Waals surface area contributed by atoms with Crippen LogP contribution in [0.15, 0.2) is 0 Å². The molecule has 3 nitrogen and oxygen atoms in total. The normalized spacial score (nSPS) is 31.5. The number of rotatable bonds is 0. The maximum atomic E-state index is 10.8. The number of hydrogen-bond donors (Lipinski definition) is 2. The number of amides is 1. The number of nitrogens with one attached hydrogen (secondary N) is 1. The molecule has 0 saturated carbocycles. The van der Waals surface area contributed by atoms with E-state index in [0.29, 0.717) is 6.42 Å². The number of aliphatic hydroxyl groups excluding tert-OH is 1. The highest BCUT2D eigenvalue weighted by Gasteiger charge is 2.30. The number of carbonyl (C=O) groups is 1. The molecule has 1 heterocycles. The maximum absolute atomic E-state index is 10.8. The Hall–Kier alpha value is -0.570. The van der Waals surface area contributed by atoms with Gasteiger partial charge in [-0.25, -0.2) is 0 Å². The van der Waals surface area contributed by atoms with Gasteiger partial charge in [0.15, 0.2) is 0 Å². The van der Waals surface area contributed by atoms with Crippen molar-refractivity contribution in [3.8, 4) is 0 Å². The molecule has 0 aromatic heterocycles. The van der Waals surface area contributed by atoms with Crippen molar-refractivity contribution >= 4 is 5.91 Å². The molecule has 58 valence electrons. The Bertz CT molecular complexity index is 154. The summed E-state index contributed by atoms with van der Waals surface area (Å²) >= 11 is 0. The van der Waals surface area contributed by atoms with Gasteiger partial charge < -0.3 is 10.4 Å². The van der Waals surface area contributed by atoms with Crippen molar-refractivity contribution in [3.63, 3.8) is 0 Å². The summed E-state index contributed by atoms with van der Waals surface area (Å²) in [4.78, 5) is 10.8. The molecule has 1 atom stereocenters. The minimum Gasteiger partial charge on any atom is -0.393 e. The van der Waals surface area contributed by atoms with Gasteiger partial charge in [-0.1, -0.05) is 0 Å². The molecule has 1 unspecified atom stereocenters. The Balaban J connectivity index is 2.59. The van der Waals surface area contributed by atoms with E-state index in [1.807, 2.05) is 13.8 Å². The van der Waals surface area contributed by atoms with E-state index < -0.39 is 6.10 Å². The largest absolute Gasteiger partial charge is 0.393 e. The Morgan fingerprint density at radius 3 is 2.70 bits per heavy atom. The van der Waals surface area contributed by atoms with Crippen LogP contribution >= 0.6 is 0 Å². The van der Waals surface area contributed by atoms with Crippen molar-refractivity contribution in [1.82, 2.24) is 5.32 Å². The lowest BCUT2D eigenvalue weighted by Crippen LogP contribution is -2.51. The second kappa shape index (κ2) is 2.23. The van der Waals surface area contributed by atoms with Crippen molar-refractivity contribution < 1.29 is 9.90 Å². The van der Waals surface area contributed by atoms with Crippen LogP contribution in [0.1, 0.15) is 26.7 Å². The number of carbonyl (C=O) groups excluding carboxylic acids is 1. The Labute approximate surface area is 60.4 Å². The molecule has 1 rings (SSSR count). The molecule has 1 aliphatic heterocycles. The lowest BCUT2D eigenvalue weighted by atomic mass is 9.91. The van der Waals surface area contributed by atoms with Gasteiger partial charge in [0, 0.05) is 5.54 Å². The molecule has 2 N–H and O–H groups in total. The summed E-state index contributed by atoms with van der Waals surface area (Å²) in [6, 6.07) is 0. The zero-order chi connectivity index (χ0) is 7.78. The molecular weight excluding hydrogens is 130 g/mol. The second-order valence-corrected chi connectivity index (χ2v) is 3.49. The van der Waals surface area contributed by atoms with E-state index in [-0.39, 0.29) is 17.9 Å². The standard InChI is InChI=1S/C7H13NO2/c1-7(2)4-5(9)3-6(10)8-7/h5,9H,3-4H2,1-2H3,(H,8,10). The highest BCUT2D eigenvalue weighted by molar-refractivity contribution is 5.78. The first-order chi connectivity index (χ1) is 4.49. The van der Waals surface area contributed by atoms with Crippen LogP contribution in [0.3, 0.4) is 0 Å². The first-order valence-corrected chi connectivity index (χ1v) is 3.49. The molecule has 0 spiro atoms. The summed E-state index contributed by atoms with van der Waals surface area (Å²) in [5, 5.41) is 11.9. The summed E-state index contributed by atoms with van der Waals surface area (Å²) in [6.07, 6.45) is 0.450. The molecule has 0 bridgehead atoms. The zero-order valence-electron chi connectivity index (χ0n) is 6.35. The van der Waals surface area contributed by atoms with Gasteiger partial charge >= 0.3 is 0 Å². The van der Waals surface area contributed by atoms with Crippen LogP contribution in [0, 0.1) is 0 Å². The summed E-state index contributed by atoms with van der Waals surface area (Å²) in [7, 11) is 0. The molecule has 0 aromatic rings. The van der Waals surface area contributed by atoms with Crippen molar-refractivity contribution in [3.05, 3.63) is 0 Å². The lowest BCUT2D eigenvalue weighted by molar-refractivity contribution is -0.128. The van der Waals surface area contributed by atoms with Crippen molar-refractivity contribution in [2.24, 2.45) is 0 Å². The smallest absolute Gasteiger partial charge is 0.223 e. The van der Waals surface area contributed by atoms with E-state index in [1.54, 1.807) is 0 Å². The van der Waals surface area contributed by atoms with Crippen molar-refractivity contribution in [2.45, 2.75) is 38.3 Å². The topological polar surface area (TPSA) is 49.3 Å². The molecule has 3 heteroatoms. The Kier molecular flexibility index (Phi) is 1.68. The van der Waals surface area contributed by atoms with E-state index in [9.17, 15) is 4.79 Å². The summed E-state index contributed by atoms with van der Waals surface area (Å²) in [5.41, 5.74) is -0.227. The van der Waals surface area contributed by atoms with Crippen molar-refractivity contribution in [2.75, 3.05) is 0 Å². The third-order valence-corrected chi connectivity index (χ3v) is 1.64. The SMILES string of the molecule is CC1(C)CC(O)CC(=O)N1. The lowest BCUT2D eigenvalue weighted by Gasteiger charge is -2.33. The van der Waals surface area contributed by atoms with E-state index in [4.69, 9.17) is 5.11 Å². The van der Waals surface area contributed by atoms with Crippen LogP contribution in [0.25, 0.3) is 0 Å². The zero-order valence-corrected chi connectivity index (χ0v) is 6.35. The maximum Gasteiger partial charge on any atom is 0.223 e. The Morgan fingerprint density at radius 1 is 1.70 bits per heavy atom.